The smallest absolute Gasteiger partial charge is 0.240 e. The van der Waals surface area contributed by atoms with Gasteiger partial charge in [0.25, 0.3) is 0 Å². The van der Waals surface area contributed by atoms with Gasteiger partial charge in [-0.25, -0.2) is 13.1 Å². The number of nitrogens with one attached hydrogen (secondary N) is 1. The van der Waals surface area contributed by atoms with E-state index >= 15 is 0 Å². The highest BCUT2D eigenvalue weighted by molar-refractivity contribution is 7.99. The van der Waals surface area contributed by atoms with Crippen LogP contribution in [0.15, 0.2) is 114 Å². The molecule has 1 fully saturated rings. The van der Waals surface area contributed by atoms with Crippen molar-refractivity contribution in [1.82, 2.24) is 4.72 Å². The quantitative estimate of drug-likeness (QED) is 0.188. The molecule has 0 spiro atoms. The molecule has 0 aromatic heterocycles. The van der Waals surface area contributed by atoms with Crippen molar-refractivity contribution in [2.75, 3.05) is 18.1 Å². The molecule has 7 nitrogen and oxygen atoms in total. The highest BCUT2D eigenvalue weighted by Gasteiger charge is 2.41. The van der Waals surface area contributed by atoms with Gasteiger partial charge < -0.3 is 19.7 Å². The maximum atomic E-state index is 12.6. The van der Waals surface area contributed by atoms with E-state index in [0.717, 1.165) is 27.8 Å². The second-order valence-electron chi connectivity index (χ2n) is 10.1. The Hall–Kier alpha value is -3.02. The average molecular weight is 606 g/mol. The van der Waals surface area contributed by atoms with Gasteiger partial charge in [0.15, 0.2) is 6.29 Å². The van der Waals surface area contributed by atoms with Crippen molar-refractivity contribution in [3.63, 3.8) is 0 Å². The molecule has 3 N–H and O–H groups in total. The Bertz CT molecular complexity index is 1500. The molecule has 4 aromatic rings. The summed E-state index contributed by atoms with van der Waals surface area (Å²) in [5, 5.41) is 19.0. The van der Waals surface area contributed by atoms with Crippen molar-refractivity contribution in [3.05, 3.63) is 137 Å². The second kappa shape index (κ2) is 14.4. The summed E-state index contributed by atoms with van der Waals surface area (Å²) in [7, 11) is -3.62. The summed E-state index contributed by atoms with van der Waals surface area (Å²) in [4.78, 5) is 0.224. The normalized spacial score (nSPS) is 20.8. The van der Waals surface area contributed by atoms with Gasteiger partial charge >= 0.3 is 0 Å². The third-order valence-corrected chi connectivity index (χ3v) is 9.71. The van der Waals surface area contributed by atoms with Crippen LogP contribution < -0.4 is 4.72 Å². The van der Waals surface area contributed by atoms with Gasteiger partial charge in [0, 0.05) is 29.5 Å². The fourth-order valence-corrected chi connectivity index (χ4v) is 6.92. The van der Waals surface area contributed by atoms with Gasteiger partial charge in [-0.05, 0) is 34.4 Å². The molecule has 42 heavy (non-hydrogen) atoms. The average Bonchev–Trinajstić information content (AvgIpc) is 3.05. The van der Waals surface area contributed by atoms with E-state index in [1.807, 2.05) is 66.7 Å². The van der Waals surface area contributed by atoms with Crippen LogP contribution in [0.25, 0.3) is 0 Å². The summed E-state index contributed by atoms with van der Waals surface area (Å²) in [6, 6.07) is 33.8. The van der Waals surface area contributed by atoms with Gasteiger partial charge in [0.2, 0.25) is 10.0 Å². The Morgan fingerprint density at radius 1 is 0.714 bits per heavy atom. The summed E-state index contributed by atoms with van der Waals surface area (Å²) < 4.78 is 41.2. The zero-order valence-electron chi connectivity index (χ0n) is 23.1. The van der Waals surface area contributed by atoms with Crippen molar-refractivity contribution in [3.8, 4) is 0 Å². The van der Waals surface area contributed by atoms with E-state index in [1.165, 1.54) is 0 Å². The molecule has 220 valence electrons. The summed E-state index contributed by atoms with van der Waals surface area (Å²) in [5.74, 6) is 1.18. The van der Waals surface area contributed by atoms with Crippen molar-refractivity contribution < 1.29 is 28.1 Å². The van der Waals surface area contributed by atoms with E-state index in [0.29, 0.717) is 11.5 Å². The molecule has 4 aromatic carbocycles. The molecule has 9 heteroatoms. The van der Waals surface area contributed by atoms with E-state index < -0.39 is 16.3 Å². The van der Waals surface area contributed by atoms with Gasteiger partial charge in [-0.1, -0.05) is 97.1 Å². The lowest BCUT2D eigenvalue weighted by Crippen LogP contribution is -2.38. The Morgan fingerprint density at radius 2 is 1.33 bits per heavy atom. The Kier molecular flexibility index (Phi) is 10.5. The fourth-order valence-electron chi connectivity index (χ4n) is 5.07. The number of hydrogen-bond acceptors (Lipinski definition) is 7. The largest absolute Gasteiger partial charge is 0.396 e. The van der Waals surface area contributed by atoms with Crippen LogP contribution in [0.3, 0.4) is 0 Å². The predicted octanol–water partition coefficient (Wildman–Crippen LogP) is 5.32. The van der Waals surface area contributed by atoms with E-state index in [-0.39, 0.29) is 42.8 Å². The lowest BCUT2D eigenvalue weighted by Gasteiger charge is -2.43. The summed E-state index contributed by atoms with van der Waals surface area (Å²) in [5.41, 5.74) is 4.54. The molecule has 0 amide bonds. The predicted molar refractivity (Wildman–Crippen MR) is 164 cm³/mol. The Balaban J connectivity index is 1.39. The second-order valence-corrected chi connectivity index (χ2v) is 13.0. The van der Waals surface area contributed by atoms with Crippen LogP contribution in [0.2, 0.25) is 0 Å². The highest BCUT2D eigenvalue weighted by Crippen LogP contribution is 2.47. The van der Waals surface area contributed by atoms with Crippen molar-refractivity contribution in [1.29, 1.82) is 0 Å². The standard InChI is InChI=1S/C33H35NO6S2/c35-19-20-41-23-30-31(26-7-3-1-4-8-26)32(27-15-13-25(22-36)14-16-27)40-33(39-30)28-17-11-24(12-18-28)21-34-42(37,38)29-9-5-2-6-10-29/h1-18,30-36H,19-23H2/t30-,31-,32+,33?/m1/s1. The van der Waals surface area contributed by atoms with Gasteiger partial charge in [0.1, 0.15) is 0 Å². The molecule has 4 atom stereocenters. The van der Waals surface area contributed by atoms with E-state index in [2.05, 4.69) is 16.9 Å². The minimum Gasteiger partial charge on any atom is -0.396 e. The summed E-state index contributed by atoms with van der Waals surface area (Å²) in [6.45, 7) is 0.211. The maximum Gasteiger partial charge on any atom is 0.240 e. The number of ether oxygens (including phenoxy) is 2. The molecule has 1 saturated heterocycles. The lowest BCUT2D eigenvalue weighted by atomic mass is 9.84. The molecule has 0 bridgehead atoms. The fraction of sp³-hybridized carbons (Fsp3) is 0.273. The number of aliphatic hydroxyl groups is 2. The van der Waals surface area contributed by atoms with Gasteiger partial charge in [0.05, 0.1) is 30.3 Å². The monoisotopic (exact) mass is 605 g/mol. The molecule has 5 rings (SSSR count). The molecule has 1 aliphatic heterocycles. The molecule has 0 saturated carbocycles. The van der Waals surface area contributed by atoms with Crippen LogP contribution in [0.5, 0.6) is 0 Å². The molecular formula is C33H35NO6S2. The van der Waals surface area contributed by atoms with Crippen molar-refractivity contribution in [2.24, 2.45) is 0 Å². The maximum absolute atomic E-state index is 12.6. The molecular weight excluding hydrogens is 570 g/mol. The lowest BCUT2D eigenvalue weighted by molar-refractivity contribution is -0.255. The van der Waals surface area contributed by atoms with Gasteiger partial charge in [-0.3, -0.25) is 0 Å². The number of rotatable bonds is 12. The zero-order chi connectivity index (χ0) is 29.4. The molecule has 0 aliphatic carbocycles. The molecule has 1 heterocycles. The number of benzene rings is 4. The van der Waals surface area contributed by atoms with Crippen LogP contribution in [-0.4, -0.2) is 42.8 Å². The van der Waals surface area contributed by atoms with Crippen LogP contribution in [0.4, 0.5) is 0 Å². The first-order valence-corrected chi connectivity index (χ1v) is 16.5. The van der Waals surface area contributed by atoms with Gasteiger partial charge in [-0.2, -0.15) is 11.8 Å². The van der Waals surface area contributed by atoms with Crippen molar-refractivity contribution in [2.45, 2.75) is 42.5 Å². The minimum absolute atomic E-state index is 0.0338. The first-order valence-electron chi connectivity index (χ1n) is 13.9. The molecule has 0 radical (unpaired) electrons. The first-order chi connectivity index (χ1) is 20.5. The van der Waals surface area contributed by atoms with Crippen LogP contribution in [0, 0.1) is 0 Å². The minimum atomic E-state index is -3.62. The van der Waals surface area contributed by atoms with E-state index in [9.17, 15) is 18.6 Å². The number of hydrogen-bond donors (Lipinski definition) is 3. The third-order valence-electron chi connectivity index (χ3n) is 7.26. The van der Waals surface area contributed by atoms with E-state index in [4.69, 9.17) is 9.47 Å². The molecule has 1 aliphatic rings. The van der Waals surface area contributed by atoms with Gasteiger partial charge in [-0.15, -0.1) is 0 Å². The number of aliphatic hydroxyl groups excluding tert-OH is 2. The van der Waals surface area contributed by atoms with Crippen LogP contribution in [0.1, 0.15) is 46.1 Å². The molecule has 1 unspecified atom stereocenters. The van der Waals surface area contributed by atoms with Crippen molar-refractivity contribution >= 4 is 21.8 Å². The summed E-state index contributed by atoms with van der Waals surface area (Å²) >= 11 is 1.64. The van der Waals surface area contributed by atoms with E-state index in [1.54, 1.807) is 42.1 Å². The highest BCUT2D eigenvalue weighted by atomic mass is 32.2. The first kappa shape index (κ1) is 30.4. The Morgan fingerprint density at radius 3 is 1.98 bits per heavy atom. The number of sulfonamides is 1. The van der Waals surface area contributed by atoms with Crippen LogP contribution in [-0.2, 0) is 32.6 Å². The topological polar surface area (TPSA) is 105 Å². The van der Waals surface area contributed by atoms with Crippen LogP contribution >= 0.6 is 11.8 Å². The third kappa shape index (κ3) is 7.48. The number of thioether (sulfide) groups is 1. The Labute approximate surface area is 251 Å². The summed E-state index contributed by atoms with van der Waals surface area (Å²) in [6.07, 6.45) is -1.18. The SMILES string of the molecule is O=S(=O)(NCc1ccc(C2O[C@H](CSCCO)[C@@H](c3ccccc3)[C@H](c3ccc(CO)cc3)O2)cc1)c1ccccc1. The zero-order valence-corrected chi connectivity index (χ0v) is 24.7.